The molecule has 0 saturated carbocycles. The summed E-state index contributed by atoms with van der Waals surface area (Å²) in [5, 5.41) is 11.2. The average molecular weight is 421 g/mol. The first-order valence-electron chi connectivity index (χ1n) is 8.66. The smallest absolute Gasteiger partial charge is 0.335 e. The second-order valence-corrected chi connectivity index (χ2v) is 7.95. The number of amides is 1. The lowest BCUT2D eigenvalue weighted by molar-refractivity contribution is -0.113. The number of thiocarbonyl (C=S) groups is 1. The van der Waals surface area contributed by atoms with Crippen LogP contribution in [0.3, 0.4) is 0 Å². The van der Waals surface area contributed by atoms with Crippen LogP contribution >= 0.6 is 24.0 Å². The number of nitrogens with zero attached hydrogens (tertiary/aromatic N) is 1. The zero-order valence-corrected chi connectivity index (χ0v) is 16.9. The molecule has 1 fully saturated rings. The van der Waals surface area contributed by atoms with Crippen LogP contribution in [0.25, 0.3) is 16.8 Å². The minimum absolute atomic E-state index is 0.0938. The van der Waals surface area contributed by atoms with Gasteiger partial charge >= 0.3 is 5.97 Å². The van der Waals surface area contributed by atoms with Crippen LogP contribution in [0.2, 0.25) is 0 Å². The molecule has 1 saturated heterocycles. The Morgan fingerprint density at radius 1 is 1.14 bits per heavy atom. The standard InChI is InChI=1S/C22H15NO4S2/c1-27-18-10-9-13-5-2-3-8-16(13)17(18)12-19-20(24)23(22(28)29-19)15-7-4-6-14(11-15)21(25)26/h2-12H,1H3,(H,25,26)/b19-12+. The van der Waals surface area contributed by atoms with Gasteiger partial charge < -0.3 is 9.84 Å². The van der Waals surface area contributed by atoms with Crippen molar-refractivity contribution < 1.29 is 19.4 Å². The number of rotatable bonds is 4. The van der Waals surface area contributed by atoms with Gasteiger partial charge in [-0.2, -0.15) is 0 Å². The summed E-state index contributed by atoms with van der Waals surface area (Å²) in [6.45, 7) is 0. The molecule has 1 amide bonds. The van der Waals surface area contributed by atoms with Gasteiger partial charge in [-0.1, -0.05) is 60.4 Å². The van der Waals surface area contributed by atoms with Crippen LogP contribution in [0.4, 0.5) is 5.69 Å². The van der Waals surface area contributed by atoms with E-state index in [9.17, 15) is 14.7 Å². The molecule has 0 aromatic heterocycles. The molecule has 4 rings (SSSR count). The van der Waals surface area contributed by atoms with Crippen molar-refractivity contribution in [2.75, 3.05) is 12.0 Å². The monoisotopic (exact) mass is 421 g/mol. The van der Waals surface area contributed by atoms with Crippen LogP contribution in [0.15, 0.2) is 65.6 Å². The number of anilines is 1. The van der Waals surface area contributed by atoms with E-state index in [0.717, 1.165) is 16.3 Å². The van der Waals surface area contributed by atoms with Crippen LogP contribution in [0.5, 0.6) is 5.75 Å². The molecule has 1 N–H and O–H groups in total. The summed E-state index contributed by atoms with van der Waals surface area (Å²) in [6, 6.07) is 17.9. The third-order valence-corrected chi connectivity index (χ3v) is 5.87. The summed E-state index contributed by atoms with van der Waals surface area (Å²) in [5.74, 6) is -0.701. The second kappa shape index (κ2) is 7.69. The Morgan fingerprint density at radius 3 is 2.69 bits per heavy atom. The lowest BCUT2D eigenvalue weighted by Gasteiger charge is -2.15. The molecule has 3 aromatic rings. The predicted molar refractivity (Wildman–Crippen MR) is 120 cm³/mol. The van der Waals surface area contributed by atoms with Crippen molar-refractivity contribution in [3.05, 3.63) is 76.7 Å². The number of carbonyl (C=O) groups is 2. The summed E-state index contributed by atoms with van der Waals surface area (Å²) < 4.78 is 5.85. The molecule has 0 aliphatic carbocycles. The van der Waals surface area contributed by atoms with Crippen LogP contribution < -0.4 is 9.64 Å². The minimum atomic E-state index is -1.06. The van der Waals surface area contributed by atoms with Crippen molar-refractivity contribution in [1.29, 1.82) is 0 Å². The quantitative estimate of drug-likeness (QED) is 0.475. The molecule has 0 atom stereocenters. The van der Waals surface area contributed by atoms with E-state index < -0.39 is 5.97 Å². The fourth-order valence-corrected chi connectivity index (χ4v) is 4.48. The number of carboxylic acids is 1. The van der Waals surface area contributed by atoms with Crippen LogP contribution in [-0.2, 0) is 4.79 Å². The van der Waals surface area contributed by atoms with Gasteiger partial charge in [-0.15, -0.1) is 0 Å². The van der Waals surface area contributed by atoms with Crippen LogP contribution in [0, 0.1) is 0 Å². The SMILES string of the molecule is COc1ccc2ccccc2c1/C=C1/SC(=S)N(c2cccc(C(=O)O)c2)C1=O. The Bertz CT molecular complexity index is 1200. The van der Waals surface area contributed by atoms with Gasteiger partial charge in [-0.25, -0.2) is 4.79 Å². The highest BCUT2D eigenvalue weighted by Gasteiger charge is 2.34. The first-order chi connectivity index (χ1) is 14.0. The number of benzene rings is 3. The zero-order valence-electron chi connectivity index (χ0n) is 15.3. The molecule has 0 bridgehead atoms. The number of thioether (sulfide) groups is 1. The minimum Gasteiger partial charge on any atom is -0.496 e. The van der Waals surface area contributed by atoms with Crippen molar-refractivity contribution >= 4 is 62.7 Å². The topological polar surface area (TPSA) is 66.8 Å². The van der Waals surface area contributed by atoms with Crippen LogP contribution in [0.1, 0.15) is 15.9 Å². The van der Waals surface area contributed by atoms with Crippen LogP contribution in [-0.4, -0.2) is 28.4 Å². The highest BCUT2D eigenvalue weighted by atomic mass is 32.2. The van der Waals surface area contributed by atoms with E-state index in [2.05, 4.69) is 0 Å². The van der Waals surface area contributed by atoms with E-state index in [-0.39, 0.29) is 11.5 Å². The van der Waals surface area contributed by atoms with Gasteiger partial charge in [-0.3, -0.25) is 9.69 Å². The Hall–Kier alpha value is -3.16. The zero-order chi connectivity index (χ0) is 20.5. The number of hydrogen-bond donors (Lipinski definition) is 1. The third kappa shape index (κ3) is 3.50. The van der Waals surface area contributed by atoms with E-state index in [1.165, 1.54) is 28.8 Å². The maximum atomic E-state index is 13.1. The number of carboxylic acid groups (broad SMARTS) is 1. The molecule has 0 unspecified atom stereocenters. The number of hydrogen-bond acceptors (Lipinski definition) is 5. The predicted octanol–water partition coefficient (Wildman–Crippen LogP) is 4.95. The van der Waals surface area contributed by atoms with Crippen molar-refractivity contribution in [3.63, 3.8) is 0 Å². The van der Waals surface area contributed by atoms with Gasteiger partial charge in [-0.05, 0) is 41.1 Å². The first-order valence-corrected chi connectivity index (χ1v) is 9.89. The molecule has 29 heavy (non-hydrogen) atoms. The molecule has 3 aromatic carbocycles. The Morgan fingerprint density at radius 2 is 1.93 bits per heavy atom. The molecule has 1 aliphatic rings. The lowest BCUT2D eigenvalue weighted by Crippen LogP contribution is -2.27. The molecule has 1 heterocycles. The van der Waals surface area contributed by atoms with Gasteiger partial charge in [0, 0.05) is 5.56 Å². The van der Waals surface area contributed by atoms with E-state index in [1.54, 1.807) is 25.3 Å². The summed E-state index contributed by atoms with van der Waals surface area (Å²) >= 11 is 6.59. The normalized spacial score (nSPS) is 15.3. The van der Waals surface area contributed by atoms with Gasteiger partial charge in [0.15, 0.2) is 4.32 Å². The molecular weight excluding hydrogens is 406 g/mol. The fourth-order valence-electron chi connectivity index (χ4n) is 3.20. The van der Waals surface area contributed by atoms with Gasteiger partial charge in [0.1, 0.15) is 5.75 Å². The summed E-state index contributed by atoms with van der Waals surface area (Å²) in [4.78, 5) is 26.2. The van der Waals surface area contributed by atoms with Crippen molar-refractivity contribution in [2.24, 2.45) is 0 Å². The number of carbonyl (C=O) groups excluding carboxylic acids is 1. The number of fused-ring (bicyclic) bond motifs is 1. The molecule has 7 heteroatoms. The highest BCUT2D eigenvalue weighted by molar-refractivity contribution is 8.27. The number of aromatic carboxylic acids is 1. The number of ether oxygens (including phenoxy) is 1. The Kier molecular flexibility index (Phi) is 5.08. The van der Waals surface area contributed by atoms with E-state index in [1.807, 2.05) is 36.4 Å². The molecular formula is C22H15NO4S2. The van der Waals surface area contributed by atoms with Crippen molar-refractivity contribution in [3.8, 4) is 5.75 Å². The van der Waals surface area contributed by atoms with Crippen molar-refractivity contribution in [2.45, 2.75) is 0 Å². The lowest BCUT2D eigenvalue weighted by atomic mass is 10.0. The van der Waals surface area contributed by atoms with Gasteiger partial charge in [0.2, 0.25) is 0 Å². The van der Waals surface area contributed by atoms with Crippen molar-refractivity contribution in [1.82, 2.24) is 0 Å². The third-order valence-electron chi connectivity index (χ3n) is 4.57. The molecule has 5 nitrogen and oxygen atoms in total. The van der Waals surface area contributed by atoms with E-state index in [4.69, 9.17) is 17.0 Å². The maximum absolute atomic E-state index is 13.1. The highest BCUT2D eigenvalue weighted by Crippen LogP contribution is 2.39. The molecule has 0 radical (unpaired) electrons. The first kappa shape index (κ1) is 19.2. The molecule has 144 valence electrons. The summed E-state index contributed by atoms with van der Waals surface area (Å²) in [5.41, 5.74) is 1.32. The molecule has 0 spiro atoms. The largest absolute Gasteiger partial charge is 0.496 e. The second-order valence-electron chi connectivity index (χ2n) is 6.28. The average Bonchev–Trinajstić information content (AvgIpc) is 3.01. The summed E-state index contributed by atoms with van der Waals surface area (Å²) in [7, 11) is 1.59. The van der Waals surface area contributed by atoms with E-state index >= 15 is 0 Å². The van der Waals surface area contributed by atoms with Gasteiger partial charge in [0.25, 0.3) is 5.91 Å². The van der Waals surface area contributed by atoms with Gasteiger partial charge in [0.05, 0.1) is 23.3 Å². The Balaban J connectivity index is 1.79. The fraction of sp³-hybridized carbons (Fsp3) is 0.0455. The summed E-state index contributed by atoms with van der Waals surface area (Å²) in [6.07, 6.45) is 1.78. The maximum Gasteiger partial charge on any atom is 0.335 e. The Labute approximate surface area is 176 Å². The molecule has 1 aliphatic heterocycles. The number of methoxy groups -OCH3 is 1. The van der Waals surface area contributed by atoms with E-state index in [0.29, 0.717) is 20.7 Å².